The lowest BCUT2D eigenvalue weighted by Crippen LogP contribution is -2.13. The Bertz CT molecular complexity index is 167. The van der Waals surface area contributed by atoms with Gasteiger partial charge >= 0.3 is 0 Å². The van der Waals surface area contributed by atoms with E-state index in [1.54, 1.807) is 6.92 Å². The van der Waals surface area contributed by atoms with Crippen LogP contribution in [0.4, 0.5) is 0 Å². The molecular weight excluding hydrogens is 120 g/mol. The third-order valence-electron chi connectivity index (χ3n) is 1.25. The third-order valence-corrected chi connectivity index (χ3v) is 1.25. The molecule has 4 nitrogen and oxygen atoms in total. The fourth-order valence-corrected chi connectivity index (χ4v) is 0.693. The third kappa shape index (κ3) is 0.872. The van der Waals surface area contributed by atoms with Crippen LogP contribution in [0.2, 0.25) is 0 Å². The van der Waals surface area contributed by atoms with Crippen molar-refractivity contribution in [3.8, 4) is 0 Å². The molecule has 2 amide bonds. The number of azo groups is 1. The number of carbonyl (C=O) groups excluding carboxylic acids is 2. The molecule has 0 fully saturated rings. The Hall–Kier alpha value is -1.06. The predicted octanol–water partition coefficient (Wildman–Crippen LogP) is 0.532. The highest BCUT2D eigenvalue weighted by molar-refractivity contribution is 6.04. The Labute approximate surface area is 52.0 Å². The zero-order chi connectivity index (χ0) is 6.85. The second-order valence-electron chi connectivity index (χ2n) is 1.84. The summed E-state index contributed by atoms with van der Waals surface area (Å²) in [6.07, 6.45) is 0.505. The van der Waals surface area contributed by atoms with E-state index in [4.69, 9.17) is 0 Å². The van der Waals surface area contributed by atoms with Gasteiger partial charge in [-0.2, -0.15) is 0 Å². The van der Waals surface area contributed by atoms with Crippen molar-refractivity contribution >= 4 is 11.8 Å². The summed E-state index contributed by atoms with van der Waals surface area (Å²) in [5.41, 5.74) is 0. The van der Waals surface area contributed by atoms with Crippen LogP contribution in [0.5, 0.6) is 0 Å². The largest absolute Gasteiger partial charge is 0.277 e. The first-order valence-corrected chi connectivity index (χ1v) is 2.75. The van der Waals surface area contributed by atoms with Crippen molar-refractivity contribution in [1.29, 1.82) is 0 Å². The zero-order valence-corrected chi connectivity index (χ0v) is 5.00. The van der Waals surface area contributed by atoms with Crippen LogP contribution in [0.3, 0.4) is 0 Å². The maximum Gasteiger partial charge on any atom is 0.277 e. The summed E-state index contributed by atoms with van der Waals surface area (Å²) in [6.45, 7) is 1.76. The molecule has 0 aromatic rings. The first-order chi connectivity index (χ1) is 4.25. The Morgan fingerprint density at radius 2 is 1.78 bits per heavy atom. The van der Waals surface area contributed by atoms with Crippen molar-refractivity contribution in [2.45, 2.75) is 13.3 Å². The maximum absolute atomic E-state index is 10.5. The summed E-state index contributed by atoms with van der Waals surface area (Å²) < 4.78 is 0. The molecule has 0 radical (unpaired) electrons. The van der Waals surface area contributed by atoms with Gasteiger partial charge in [0.2, 0.25) is 0 Å². The van der Waals surface area contributed by atoms with E-state index in [2.05, 4.69) is 10.2 Å². The van der Waals surface area contributed by atoms with Crippen LogP contribution in [-0.4, -0.2) is 11.8 Å². The summed E-state index contributed by atoms with van der Waals surface area (Å²) in [7, 11) is 0. The van der Waals surface area contributed by atoms with Crippen molar-refractivity contribution in [3.63, 3.8) is 0 Å². The average molecular weight is 126 g/mol. The van der Waals surface area contributed by atoms with E-state index in [1.807, 2.05) is 0 Å². The molecule has 0 atom stereocenters. The van der Waals surface area contributed by atoms with Gasteiger partial charge in [0.25, 0.3) is 11.8 Å². The molecule has 0 bridgehead atoms. The lowest BCUT2D eigenvalue weighted by molar-refractivity contribution is -0.128. The quantitative estimate of drug-likeness (QED) is 0.481. The first-order valence-electron chi connectivity index (χ1n) is 2.75. The Morgan fingerprint density at radius 1 is 1.33 bits per heavy atom. The van der Waals surface area contributed by atoms with Gasteiger partial charge in [-0.05, 0) is 6.42 Å². The van der Waals surface area contributed by atoms with Gasteiger partial charge in [-0.15, -0.1) is 10.2 Å². The van der Waals surface area contributed by atoms with Gasteiger partial charge in [0, 0.05) is 0 Å². The molecule has 0 aliphatic carbocycles. The summed E-state index contributed by atoms with van der Waals surface area (Å²) in [6, 6.07) is 0. The van der Waals surface area contributed by atoms with Crippen molar-refractivity contribution in [2.75, 3.05) is 0 Å². The minimum atomic E-state index is -0.579. The summed E-state index contributed by atoms with van der Waals surface area (Å²) in [5, 5.41) is 6.21. The van der Waals surface area contributed by atoms with E-state index in [0.29, 0.717) is 6.42 Å². The minimum absolute atomic E-state index is 0.400. The Balaban J connectivity index is 2.75. The molecule has 48 valence electrons. The van der Waals surface area contributed by atoms with Gasteiger partial charge in [-0.25, -0.2) is 0 Å². The number of rotatable bonds is 1. The van der Waals surface area contributed by atoms with Crippen molar-refractivity contribution in [2.24, 2.45) is 16.1 Å². The molecule has 1 aliphatic heterocycles. The number of hydrogen-bond acceptors (Lipinski definition) is 2. The van der Waals surface area contributed by atoms with E-state index in [0.717, 1.165) is 0 Å². The fraction of sp³-hybridized carbons (Fsp3) is 0.600. The van der Waals surface area contributed by atoms with Crippen molar-refractivity contribution in [3.05, 3.63) is 0 Å². The maximum atomic E-state index is 10.5. The summed E-state index contributed by atoms with van der Waals surface area (Å²) >= 11 is 0. The molecule has 1 aliphatic rings. The first kappa shape index (κ1) is 6.07. The normalized spacial score (nSPS) is 19.7. The number of hydrogen-bond donors (Lipinski definition) is 0. The molecule has 0 aromatic carbocycles. The van der Waals surface area contributed by atoms with Crippen LogP contribution in [0, 0.1) is 5.92 Å². The van der Waals surface area contributed by atoms with Gasteiger partial charge in [0.15, 0.2) is 0 Å². The molecule has 0 saturated carbocycles. The molecule has 1 heterocycles. The van der Waals surface area contributed by atoms with Crippen LogP contribution >= 0.6 is 0 Å². The molecule has 0 unspecified atom stereocenters. The molecular formula is C5H6N2O2. The molecule has 0 saturated heterocycles. The Morgan fingerprint density at radius 3 is 2.00 bits per heavy atom. The van der Waals surface area contributed by atoms with E-state index >= 15 is 0 Å². The van der Waals surface area contributed by atoms with Crippen LogP contribution in [0.15, 0.2) is 10.2 Å². The van der Waals surface area contributed by atoms with Gasteiger partial charge in [-0.1, -0.05) is 6.92 Å². The molecule has 0 N–H and O–H groups in total. The topological polar surface area (TPSA) is 58.9 Å². The molecule has 0 spiro atoms. The van der Waals surface area contributed by atoms with Crippen LogP contribution in [0.25, 0.3) is 0 Å². The highest BCUT2D eigenvalue weighted by Crippen LogP contribution is 2.13. The standard InChI is InChI=1S/C5H6N2O2/c1-2-3-4(8)6-7-5(3)9/h3H,2H2,1H3. The van der Waals surface area contributed by atoms with Gasteiger partial charge < -0.3 is 0 Å². The molecule has 1 rings (SSSR count). The van der Waals surface area contributed by atoms with Crippen LogP contribution < -0.4 is 0 Å². The van der Waals surface area contributed by atoms with E-state index in [1.165, 1.54) is 0 Å². The predicted molar refractivity (Wildman–Crippen MR) is 28.7 cm³/mol. The minimum Gasteiger partial charge on any atom is -0.270 e. The second-order valence-corrected chi connectivity index (χ2v) is 1.84. The lowest BCUT2D eigenvalue weighted by Gasteiger charge is -1.93. The van der Waals surface area contributed by atoms with Gasteiger partial charge in [0.05, 0.1) is 0 Å². The molecule has 0 aromatic heterocycles. The van der Waals surface area contributed by atoms with Crippen molar-refractivity contribution in [1.82, 2.24) is 0 Å². The van der Waals surface area contributed by atoms with Crippen LogP contribution in [0.1, 0.15) is 13.3 Å². The van der Waals surface area contributed by atoms with E-state index in [9.17, 15) is 9.59 Å². The zero-order valence-electron chi connectivity index (χ0n) is 5.00. The Kier molecular flexibility index (Phi) is 1.38. The highest BCUT2D eigenvalue weighted by Gasteiger charge is 2.29. The fourth-order valence-electron chi connectivity index (χ4n) is 0.693. The van der Waals surface area contributed by atoms with E-state index < -0.39 is 17.7 Å². The van der Waals surface area contributed by atoms with Crippen molar-refractivity contribution < 1.29 is 9.59 Å². The average Bonchev–Trinajstić information content (AvgIpc) is 2.12. The smallest absolute Gasteiger partial charge is 0.270 e. The lowest BCUT2D eigenvalue weighted by atomic mass is 10.1. The molecule has 9 heavy (non-hydrogen) atoms. The van der Waals surface area contributed by atoms with E-state index in [-0.39, 0.29) is 0 Å². The highest BCUT2D eigenvalue weighted by atomic mass is 16.2. The SMILES string of the molecule is CCC1C(=O)N=NC1=O. The second kappa shape index (κ2) is 2.05. The number of carbonyl (C=O) groups is 2. The monoisotopic (exact) mass is 126 g/mol. The van der Waals surface area contributed by atoms with Gasteiger partial charge in [-0.3, -0.25) is 9.59 Å². The summed E-state index contributed by atoms with van der Waals surface area (Å²) in [4.78, 5) is 21.1. The number of amides is 2. The molecule has 4 heteroatoms. The van der Waals surface area contributed by atoms with Gasteiger partial charge in [0.1, 0.15) is 5.92 Å². The number of nitrogens with zero attached hydrogens (tertiary/aromatic N) is 2. The summed E-state index contributed by atoms with van der Waals surface area (Å²) in [5.74, 6) is -1.38. The van der Waals surface area contributed by atoms with Crippen LogP contribution in [-0.2, 0) is 9.59 Å².